The second kappa shape index (κ2) is 5.00. The Morgan fingerprint density at radius 3 is 2.53 bits per heavy atom. The third-order valence-corrected chi connectivity index (χ3v) is 3.38. The van der Waals surface area contributed by atoms with E-state index in [4.69, 9.17) is 5.73 Å². The lowest BCUT2D eigenvalue weighted by Crippen LogP contribution is -2.40. The van der Waals surface area contributed by atoms with Crippen LogP contribution in [0, 0.1) is 5.92 Å². The lowest BCUT2D eigenvalue weighted by Gasteiger charge is -2.37. The molecule has 0 aliphatic heterocycles. The molecule has 1 saturated carbocycles. The maximum Gasteiger partial charge on any atom is 0.0412 e. The predicted octanol–water partition coefficient (Wildman–Crippen LogP) is 3.47. The van der Waals surface area contributed by atoms with Gasteiger partial charge in [0.2, 0.25) is 0 Å². The van der Waals surface area contributed by atoms with Gasteiger partial charge in [0, 0.05) is 5.54 Å². The van der Waals surface area contributed by atoms with Crippen LogP contribution in [-0.4, -0.2) is 0 Å². The molecule has 0 saturated heterocycles. The Labute approximate surface area is 98.5 Å². The normalized spacial score (nSPS) is 30.7. The highest BCUT2D eigenvalue weighted by Gasteiger charge is 2.32. The summed E-state index contributed by atoms with van der Waals surface area (Å²) in [6.07, 6.45) is 4.89. The summed E-state index contributed by atoms with van der Waals surface area (Å²) in [5.41, 5.74) is 7.73. The van der Waals surface area contributed by atoms with Gasteiger partial charge in [-0.3, -0.25) is 0 Å². The summed E-state index contributed by atoms with van der Waals surface area (Å²) in [6.45, 7) is 2.31. The van der Waals surface area contributed by atoms with Crippen molar-refractivity contribution in [1.82, 2.24) is 0 Å². The standard InChI is InChI=1S/C13H19N.ClH/c1-11-6-5-9-13(14,10-11)12-7-3-2-4-8-12;/h2-4,7-8,11H,5-6,9-10,14H2,1H3;1H/t11-,13+;/m1./s1. The molecule has 84 valence electrons. The van der Waals surface area contributed by atoms with E-state index in [0.29, 0.717) is 0 Å². The Bertz CT molecular complexity index is 299. The minimum atomic E-state index is -0.0566. The zero-order valence-electron chi connectivity index (χ0n) is 9.28. The summed E-state index contributed by atoms with van der Waals surface area (Å²) in [4.78, 5) is 0. The molecule has 1 aromatic carbocycles. The highest BCUT2D eigenvalue weighted by Crippen LogP contribution is 2.37. The molecule has 0 unspecified atom stereocenters. The van der Waals surface area contributed by atoms with Crippen LogP contribution in [0.1, 0.15) is 38.2 Å². The molecule has 15 heavy (non-hydrogen) atoms. The van der Waals surface area contributed by atoms with Crippen molar-refractivity contribution in [2.24, 2.45) is 11.7 Å². The molecule has 0 spiro atoms. The van der Waals surface area contributed by atoms with Gasteiger partial charge in [0.05, 0.1) is 0 Å². The van der Waals surface area contributed by atoms with E-state index in [9.17, 15) is 0 Å². The summed E-state index contributed by atoms with van der Waals surface area (Å²) in [7, 11) is 0. The van der Waals surface area contributed by atoms with Gasteiger partial charge in [-0.15, -0.1) is 12.4 Å². The molecule has 1 aliphatic rings. The fourth-order valence-corrected chi connectivity index (χ4v) is 2.62. The molecule has 0 aromatic heterocycles. The number of benzene rings is 1. The first-order valence-corrected chi connectivity index (χ1v) is 5.55. The second-order valence-electron chi connectivity index (χ2n) is 4.72. The zero-order valence-corrected chi connectivity index (χ0v) is 10.1. The SMILES string of the molecule is C[C@@H]1CCC[C@@](N)(c2ccccc2)C1.Cl. The van der Waals surface area contributed by atoms with E-state index >= 15 is 0 Å². The van der Waals surface area contributed by atoms with E-state index in [1.807, 2.05) is 0 Å². The van der Waals surface area contributed by atoms with Crippen LogP contribution in [0.3, 0.4) is 0 Å². The third kappa shape index (κ3) is 2.73. The van der Waals surface area contributed by atoms with E-state index in [0.717, 1.165) is 18.8 Å². The van der Waals surface area contributed by atoms with Crippen molar-refractivity contribution in [1.29, 1.82) is 0 Å². The monoisotopic (exact) mass is 225 g/mol. The van der Waals surface area contributed by atoms with Gasteiger partial charge in [-0.05, 0) is 24.3 Å². The second-order valence-corrected chi connectivity index (χ2v) is 4.72. The van der Waals surface area contributed by atoms with E-state index < -0.39 is 0 Å². The summed E-state index contributed by atoms with van der Waals surface area (Å²) in [5.74, 6) is 0.772. The lowest BCUT2D eigenvalue weighted by atomic mass is 9.73. The third-order valence-electron chi connectivity index (χ3n) is 3.38. The Balaban J connectivity index is 0.00000112. The van der Waals surface area contributed by atoms with Crippen molar-refractivity contribution in [3.63, 3.8) is 0 Å². The molecule has 1 aliphatic carbocycles. The largest absolute Gasteiger partial charge is 0.321 e. The fourth-order valence-electron chi connectivity index (χ4n) is 2.62. The van der Waals surface area contributed by atoms with Crippen LogP contribution in [-0.2, 0) is 5.54 Å². The van der Waals surface area contributed by atoms with Crippen molar-refractivity contribution >= 4 is 12.4 Å². The van der Waals surface area contributed by atoms with Crippen LogP contribution >= 0.6 is 12.4 Å². The van der Waals surface area contributed by atoms with E-state index in [1.54, 1.807) is 0 Å². The maximum atomic E-state index is 6.47. The van der Waals surface area contributed by atoms with Gasteiger partial charge >= 0.3 is 0 Å². The number of hydrogen-bond acceptors (Lipinski definition) is 1. The fraction of sp³-hybridized carbons (Fsp3) is 0.538. The molecule has 1 aromatic rings. The molecule has 2 heteroatoms. The Morgan fingerprint density at radius 2 is 1.93 bits per heavy atom. The first-order valence-electron chi connectivity index (χ1n) is 5.55. The first kappa shape index (κ1) is 12.5. The first-order chi connectivity index (χ1) is 6.71. The summed E-state index contributed by atoms with van der Waals surface area (Å²) in [5, 5.41) is 0. The molecule has 0 heterocycles. The number of rotatable bonds is 1. The van der Waals surface area contributed by atoms with Gasteiger partial charge in [0.1, 0.15) is 0 Å². The van der Waals surface area contributed by atoms with Crippen LogP contribution in [0.5, 0.6) is 0 Å². The van der Waals surface area contributed by atoms with Gasteiger partial charge in [-0.1, -0.05) is 50.1 Å². The highest BCUT2D eigenvalue weighted by atomic mass is 35.5. The molecule has 2 atom stereocenters. The molecular formula is C13H20ClN. The Hall–Kier alpha value is -0.530. The van der Waals surface area contributed by atoms with E-state index in [2.05, 4.69) is 37.3 Å². The quantitative estimate of drug-likeness (QED) is 0.778. The molecule has 1 fully saturated rings. The summed E-state index contributed by atoms with van der Waals surface area (Å²) < 4.78 is 0. The Morgan fingerprint density at radius 1 is 1.27 bits per heavy atom. The van der Waals surface area contributed by atoms with Crippen LogP contribution in [0.25, 0.3) is 0 Å². The van der Waals surface area contributed by atoms with Gasteiger partial charge in [-0.25, -0.2) is 0 Å². The molecule has 2 rings (SSSR count). The van der Waals surface area contributed by atoms with Gasteiger partial charge in [-0.2, -0.15) is 0 Å². The average Bonchev–Trinajstić information content (AvgIpc) is 2.19. The zero-order chi connectivity index (χ0) is 10.0. The van der Waals surface area contributed by atoms with Gasteiger partial charge < -0.3 is 5.73 Å². The number of halogens is 1. The predicted molar refractivity (Wildman–Crippen MR) is 67.2 cm³/mol. The van der Waals surface area contributed by atoms with Gasteiger partial charge in [0.25, 0.3) is 0 Å². The van der Waals surface area contributed by atoms with Crippen molar-refractivity contribution in [3.05, 3.63) is 35.9 Å². The highest BCUT2D eigenvalue weighted by molar-refractivity contribution is 5.85. The van der Waals surface area contributed by atoms with E-state index in [-0.39, 0.29) is 17.9 Å². The van der Waals surface area contributed by atoms with Crippen LogP contribution < -0.4 is 5.73 Å². The minimum absolute atomic E-state index is 0. The number of hydrogen-bond donors (Lipinski definition) is 1. The maximum absolute atomic E-state index is 6.47. The average molecular weight is 226 g/mol. The van der Waals surface area contributed by atoms with Crippen molar-refractivity contribution in [2.75, 3.05) is 0 Å². The molecule has 0 bridgehead atoms. The molecule has 0 radical (unpaired) electrons. The topological polar surface area (TPSA) is 26.0 Å². The summed E-state index contributed by atoms with van der Waals surface area (Å²) in [6, 6.07) is 10.6. The van der Waals surface area contributed by atoms with Crippen molar-refractivity contribution < 1.29 is 0 Å². The molecule has 1 nitrogen and oxygen atoms in total. The molecule has 2 N–H and O–H groups in total. The Kier molecular flexibility index (Phi) is 4.18. The minimum Gasteiger partial charge on any atom is -0.321 e. The molecule has 0 amide bonds. The van der Waals surface area contributed by atoms with Crippen LogP contribution in [0.15, 0.2) is 30.3 Å². The smallest absolute Gasteiger partial charge is 0.0412 e. The molecular weight excluding hydrogens is 206 g/mol. The van der Waals surface area contributed by atoms with Crippen LogP contribution in [0.4, 0.5) is 0 Å². The van der Waals surface area contributed by atoms with Crippen molar-refractivity contribution in [3.8, 4) is 0 Å². The van der Waals surface area contributed by atoms with Crippen LogP contribution in [0.2, 0.25) is 0 Å². The van der Waals surface area contributed by atoms with Crippen molar-refractivity contribution in [2.45, 2.75) is 38.1 Å². The lowest BCUT2D eigenvalue weighted by molar-refractivity contribution is 0.239. The van der Waals surface area contributed by atoms with E-state index in [1.165, 1.54) is 18.4 Å². The summed E-state index contributed by atoms with van der Waals surface area (Å²) >= 11 is 0. The number of nitrogens with two attached hydrogens (primary N) is 1. The van der Waals surface area contributed by atoms with Gasteiger partial charge in [0.15, 0.2) is 0 Å².